The number of hydrogen-bond donors (Lipinski definition) is 1. The van der Waals surface area contributed by atoms with Crippen molar-refractivity contribution < 1.29 is 9.53 Å². The Morgan fingerprint density at radius 3 is 2.67 bits per heavy atom. The molecule has 1 N–H and O–H groups in total. The van der Waals surface area contributed by atoms with E-state index in [2.05, 4.69) is 21.2 Å². The lowest BCUT2D eigenvalue weighted by Crippen LogP contribution is -2.44. The average molecular weight is 333 g/mol. The van der Waals surface area contributed by atoms with Crippen LogP contribution in [-0.2, 0) is 9.53 Å². The van der Waals surface area contributed by atoms with Gasteiger partial charge in [-0.3, -0.25) is 0 Å². The molecule has 1 aliphatic rings. The van der Waals surface area contributed by atoms with Crippen LogP contribution in [0, 0.1) is 0 Å². The van der Waals surface area contributed by atoms with Crippen LogP contribution in [-0.4, -0.2) is 18.6 Å². The zero-order valence-corrected chi connectivity index (χ0v) is 12.5. The molecule has 0 saturated heterocycles. The summed E-state index contributed by atoms with van der Waals surface area (Å²) in [5, 5.41) is 3.96. The van der Waals surface area contributed by atoms with Crippen molar-refractivity contribution in [2.45, 2.75) is 31.2 Å². The van der Waals surface area contributed by atoms with Gasteiger partial charge < -0.3 is 10.1 Å². The molecule has 0 unspecified atom stereocenters. The summed E-state index contributed by atoms with van der Waals surface area (Å²) < 4.78 is 5.74. The van der Waals surface area contributed by atoms with Crippen LogP contribution < -0.4 is 5.32 Å². The van der Waals surface area contributed by atoms with E-state index in [0.29, 0.717) is 5.02 Å². The molecule has 1 saturated carbocycles. The minimum atomic E-state index is -0.581. The summed E-state index contributed by atoms with van der Waals surface area (Å²) in [4.78, 5) is 12.0. The van der Waals surface area contributed by atoms with E-state index in [-0.39, 0.29) is 5.97 Å². The molecule has 1 aliphatic carbocycles. The molecule has 1 aromatic rings. The van der Waals surface area contributed by atoms with Gasteiger partial charge >= 0.3 is 5.97 Å². The minimum Gasteiger partial charge on any atom is -0.467 e. The average Bonchev–Trinajstić information content (AvgIpc) is 2.82. The smallest absolute Gasteiger partial charge is 0.331 e. The summed E-state index contributed by atoms with van der Waals surface area (Å²) in [6.45, 7) is 0. The van der Waals surface area contributed by atoms with Crippen molar-refractivity contribution in [3.8, 4) is 0 Å². The van der Waals surface area contributed by atoms with E-state index in [1.807, 2.05) is 12.1 Å². The van der Waals surface area contributed by atoms with Crippen molar-refractivity contribution in [2.75, 3.05) is 12.4 Å². The summed E-state index contributed by atoms with van der Waals surface area (Å²) in [6.07, 6.45) is 3.69. The zero-order valence-electron chi connectivity index (χ0n) is 10.1. The first-order chi connectivity index (χ1) is 8.57. The fraction of sp³-hybridized carbons (Fsp3) is 0.462. The predicted octanol–water partition coefficient (Wildman–Crippen LogP) is 4.00. The summed E-state index contributed by atoms with van der Waals surface area (Å²) >= 11 is 9.33. The molecular formula is C13H15BrClNO2. The van der Waals surface area contributed by atoms with Gasteiger partial charge in [-0.15, -0.1) is 0 Å². The number of methoxy groups -OCH3 is 1. The number of halogens is 2. The number of carbonyl (C=O) groups excluding carboxylic acids is 1. The topological polar surface area (TPSA) is 38.3 Å². The van der Waals surface area contributed by atoms with Crippen LogP contribution in [0.1, 0.15) is 25.7 Å². The van der Waals surface area contributed by atoms with Crippen LogP contribution in [0.5, 0.6) is 0 Å². The van der Waals surface area contributed by atoms with Gasteiger partial charge in [0.05, 0.1) is 12.1 Å². The Balaban J connectivity index is 2.23. The summed E-state index contributed by atoms with van der Waals surface area (Å²) in [5.41, 5.74) is 0.292. The summed E-state index contributed by atoms with van der Waals surface area (Å²) in [6, 6.07) is 5.55. The maximum Gasteiger partial charge on any atom is 0.331 e. The SMILES string of the molecule is COC(=O)C1(Nc2ccc(Cl)c(Br)c2)CCCC1. The largest absolute Gasteiger partial charge is 0.467 e. The van der Waals surface area contributed by atoms with Gasteiger partial charge in [0.15, 0.2) is 0 Å². The fourth-order valence-electron chi connectivity index (χ4n) is 2.40. The van der Waals surface area contributed by atoms with Gasteiger partial charge in [-0.05, 0) is 47.0 Å². The molecule has 0 radical (unpaired) electrons. The van der Waals surface area contributed by atoms with Crippen LogP contribution in [0.2, 0.25) is 5.02 Å². The number of ether oxygens (including phenoxy) is 1. The van der Waals surface area contributed by atoms with E-state index in [9.17, 15) is 4.79 Å². The molecule has 0 amide bonds. The van der Waals surface area contributed by atoms with Crippen LogP contribution in [0.15, 0.2) is 22.7 Å². The molecule has 0 aromatic heterocycles. The van der Waals surface area contributed by atoms with Crippen molar-refractivity contribution in [1.29, 1.82) is 0 Å². The quantitative estimate of drug-likeness (QED) is 0.850. The monoisotopic (exact) mass is 331 g/mol. The Labute approximate surface area is 120 Å². The molecule has 0 bridgehead atoms. The molecule has 1 fully saturated rings. The lowest BCUT2D eigenvalue weighted by atomic mass is 9.97. The van der Waals surface area contributed by atoms with Gasteiger partial charge in [-0.25, -0.2) is 4.79 Å². The van der Waals surface area contributed by atoms with Gasteiger partial charge in [-0.1, -0.05) is 24.4 Å². The van der Waals surface area contributed by atoms with Gasteiger partial charge in [0.1, 0.15) is 5.54 Å². The molecule has 18 heavy (non-hydrogen) atoms. The third-order valence-corrected chi connectivity index (χ3v) is 4.55. The molecule has 2 rings (SSSR count). The normalized spacial score (nSPS) is 17.5. The maximum atomic E-state index is 12.0. The van der Waals surface area contributed by atoms with Crippen molar-refractivity contribution in [2.24, 2.45) is 0 Å². The number of esters is 1. The molecular weight excluding hydrogens is 318 g/mol. The van der Waals surface area contributed by atoms with Gasteiger partial charge in [0.25, 0.3) is 0 Å². The molecule has 3 nitrogen and oxygen atoms in total. The minimum absolute atomic E-state index is 0.189. The second-order valence-corrected chi connectivity index (χ2v) is 5.80. The second kappa shape index (κ2) is 5.49. The number of benzene rings is 1. The molecule has 0 atom stereocenters. The second-order valence-electron chi connectivity index (χ2n) is 4.53. The van der Waals surface area contributed by atoms with Crippen LogP contribution in [0.3, 0.4) is 0 Å². The first-order valence-corrected chi connectivity index (χ1v) is 7.06. The van der Waals surface area contributed by atoms with Crippen molar-refractivity contribution in [1.82, 2.24) is 0 Å². The Morgan fingerprint density at radius 1 is 1.44 bits per heavy atom. The third-order valence-electron chi connectivity index (χ3n) is 3.34. The highest BCUT2D eigenvalue weighted by molar-refractivity contribution is 9.10. The Morgan fingerprint density at radius 2 is 2.11 bits per heavy atom. The molecule has 0 spiro atoms. The van der Waals surface area contributed by atoms with Gasteiger partial charge in [0, 0.05) is 10.2 Å². The predicted molar refractivity (Wildman–Crippen MR) is 76.0 cm³/mol. The number of nitrogens with one attached hydrogen (secondary N) is 1. The van der Waals surface area contributed by atoms with E-state index in [4.69, 9.17) is 16.3 Å². The van der Waals surface area contributed by atoms with Crippen LogP contribution >= 0.6 is 27.5 Å². The maximum absolute atomic E-state index is 12.0. The van der Waals surface area contributed by atoms with Crippen LogP contribution in [0.25, 0.3) is 0 Å². The highest BCUT2D eigenvalue weighted by Crippen LogP contribution is 2.35. The molecule has 5 heteroatoms. The lowest BCUT2D eigenvalue weighted by molar-refractivity contribution is -0.145. The van der Waals surface area contributed by atoms with Crippen LogP contribution in [0.4, 0.5) is 5.69 Å². The highest BCUT2D eigenvalue weighted by atomic mass is 79.9. The first-order valence-electron chi connectivity index (χ1n) is 5.89. The molecule has 1 aromatic carbocycles. The number of rotatable bonds is 3. The van der Waals surface area contributed by atoms with E-state index in [0.717, 1.165) is 35.8 Å². The highest BCUT2D eigenvalue weighted by Gasteiger charge is 2.42. The Kier molecular flexibility index (Phi) is 4.17. The number of anilines is 1. The standard InChI is InChI=1S/C13H15BrClNO2/c1-18-12(17)13(6-2-3-7-13)16-9-4-5-11(15)10(14)8-9/h4-5,8,16H,2-3,6-7H2,1H3. The molecule has 98 valence electrons. The summed E-state index contributed by atoms with van der Waals surface area (Å²) in [5.74, 6) is -0.189. The van der Waals surface area contributed by atoms with Crippen molar-refractivity contribution >= 4 is 39.2 Å². The first kappa shape index (κ1) is 13.7. The number of carbonyl (C=O) groups is 1. The van der Waals surface area contributed by atoms with E-state index >= 15 is 0 Å². The van der Waals surface area contributed by atoms with E-state index < -0.39 is 5.54 Å². The van der Waals surface area contributed by atoms with E-state index in [1.165, 1.54) is 7.11 Å². The Hall–Kier alpha value is -0.740. The summed E-state index contributed by atoms with van der Waals surface area (Å²) in [7, 11) is 1.43. The lowest BCUT2D eigenvalue weighted by Gasteiger charge is -2.28. The van der Waals surface area contributed by atoms with E-state index in [1.54, 1.807) is 6.07 Å². The Bertz CT molecular complexity index is 458. The molecule has 0 aliphatic heterocycles. The third kappa shape index (κ3) is 2.64. The van der Waals surface area contributed by atoms with Crippen molar-refractivity contribution in [3.63, 3.8) is 0 Å². The fourth-order valence-corrected chi connectivity index (χ4v) is 2.90. The van der Waals surface area contributed by atoms with Gasteiger partial charge in [-0.2, -0.15) is 0 Å². The molecule has 0 heterocycles. The zero-order chi connectivity index (χ0) is 13.2. The number of hydrogen-bond acceptors (Lipinski definition) is 3. The van der Waals surface area contributed by atoms with Gasteiger partial charge in [0.2, 0.25) is 0 Å². The van der Waals surface area contributed by atoms with Crippen molar-refractivity contribution in [3.05, 3.63) is 27.7 Å².